The minimum Gasteiger partial charge on any atom is -0.419 e. The lowest BCUT2D eigenvalue weighted by Gasteiger charge is -2.05. The molecule has 2 aromatic heterocycles. The van der Waals surface area contributed by atoms with Gasteiger partial charge in [-0.1, -0.05) is 46.3 Å². The number of carbonyl (C=O) groups excluding carboxylic acids is 1. The molecule has 0 saturated heterocycles. The molecule has 0 bridgehead atoms. The third-order valence-electron chi connectivity index (χ3n) is 3.80. The van der Waals surface area contributed by atoms with Crippen LogP contribution in [-0.4, -0.2) is 15.4 Å². The van der Waals surface area contributed by atoms with E-state index in [4.69, 9.17) is 4.74 Å². The summed E-state index contributed by atoms with van der Waals surface area (Å²) in [6, 6.07) is 20.4. The summed E-state index contributed by atoms with van der Waals surface area (Å²) in [5, 5.41) is 0. The van der Waals surface area contributed by atoms with Crippen molar-refractivity contribution in [1.29, 1.82) is 0 Å². The number of benzene rings is 2. The summed E-state index contributed by atoms with van der Waals surface area (Å²) in [4.78, 5) is 16.9. The van der Waals surface area contributed by atoms with Crippen molar-refractivity contribution in [1.82, 2.24) is 9.38 Å². The molecule has 4 rings (SSSR count). The average Bonchev–Trinajstić information content (AvgIpc) is 3.08. The van der Waals surface area contributed by atoms with Gasteiger partial charge >= 0.3 is 5.97 Å². The predicted octanol–water partition coefficient (Wildman–Crippen LogP) is 4.98. The normalized spacial score (nSPS) is 10.8. The number of hydrogen-bond donors (Lipinski definition) is 0. The number of esters is 1. The molecule has 25 heavy (non-hydrogen) atoms. The van der Waals surface area contributed by atoms with Crippen molar-refractivity contribution < 1.29 is 9.53 Å². The summed E-state index contributed by atoms with van der Waals surface area (Å²) < 4.78 is 8.42. The number of halogens is 1. The van der Waals surface area contributed by atoms with Crippen LogP contribution in [0.2, 0.25) is 0 Å². The first-order valence-electron chi connectivity index (χ1n) is 7.71. The summed E-state index contributed by atoms with van der Waals surface area (Å²) in [5.41, 5.74) is 2.91. The van der Waals surface area contributed by atoms with E-state index in [9.17, 15) is 4.79 Å². The first kappa shape index (κ1) is 15.6. The molecule has 2 heterocycles. The van der Waals surface area contributed by atoms with Crippen molar-refractivity contribution in [3.05, 3.63) is 89.2 Å². The maximum absolute atomic E-state index is 12.3. The third kappa shape index (κ3) is 3.19. The van der Waals surface area contributed by atoms with E-state index in [0.29, 0.717) is 17.0 Å². The van der Waals surface area contributed by atoms with Crippen LogP contribution in [-0.2, 0) is 0 Å². The molecule has 0 fully saturated rings. The molecule has 0 N–H and O–H groups in total. The lowest BCUT2D eigenvalue weighted by atomic mass is 10.2. The van der Waals surface area contributed by atoms with Gasteiger partial charge in [0, 0.05) is 22.4 Å². The molecule has 0 radical (unpaired) electrons. The maximum atomic E-state index is 12.3. The van der Waals surface area contributed by atoms with Gasteiger partial charge in [-0.2, -0.15) is 0 Å². The molecule has 5 heteroatoms. The summed E-state index contributed by atoms with van der Waals surface area (Å²) in [6.07, 6.45) is 3.79. The largest absolute Gasteiger partial charge is 0.419 e. The topological polar surface area (TPSA) is 43.6 Å². The highest BCUT2D eigenvalue weighted by Crippen LogP contribution is 2.26. The van der Waals surface area contributed by atoms with Gasteiger partial charge in [-0.15, -0.1) is 0 Å². The highest BCUT2D eigenvalue weighted by atomic mass is 79.9. The highest BCUT2D eigenvalue weighted by Gasteiger charge is 2.13. The van der Waals surface area contributed by atoms with Crippen molar-refractivity contribution in [3.8, 4) is 17.0 Å². The maximum Gasteiger partial charge on any atom is 0.343 e. The van der Waals surface area contributed by atoms with E-state index >= 15 is 0 Å². The van der Waals surface area contributed by atoms with Gasteiger partial charge in [-0.25, -0.2) is 9.78 Å². The van der Waals surface area contributed by atoms with Crippen LogP contribution in [0.15, 0.2) is 83.6 Å². The number of fused-ring (bicyclic) bond motifs is 1. The Morgan fingerprint density at radius 1 is 0.960 bits per heavy atom. The lowest BCUT2D eigenvalue weighted by molar-refractivity contribution is 0.0736. The fourth-order valence-electron chi connectivity index (χ4n) is 2.56. The standard InChI is InChI=1S/C20H13BrN2O2/c21-16-10-8-14(9-11-16)17-13-23-12-4-7-18(19(23)22-17)25-20(24)15-5-2-1-3-6-15/h1-13H. The molecular formula is C20H13BrN2O2. The van der Waals surface area contributed by atoms with Gasteiger partial charge in [0.2, 0.25) is 0 Å². The minimum absolute atomic E-state index is 0.401. The number of nitrogens with zero attached hydrogens (tertiary/aromatic N) is 2. The summed E-state index contributed by atoms with van der Waals surface area (Å²) >= 11 is 3.43. The number of ether oxygens (including phenoxy) is 1. The molecule has 0 aliphatic heterocycles. The summed E-state index contributed by atoms with van der Waals surface area (Å²) in [7, 11) is 0. The Kier molecular flexibility index (Phi) is 4.07. The zero-order chi connectivity index (χ0) is 17.2. The molecule has 0 aliphatic carbocycles. The Morgan fingerprint density at radius 2 is 1.72 bits per heavy atom. The number of imidazole rings is 1. The Labute approximate surface area is 152 Å². The Bertz CT molecular complexity index is 1040. The number of pyridine rings is 1. The van der Waals surface area contributed by atoms with E-state index in [1.54, 1.807) is 30.3 Å². The van der Waals surface area contributed by atoms with E-state index in [2.05, 4.69) is 20.9 Å². The molecule has 0 unspecified atom stereocenters. The molecule has 0 aliphatic rings. The second kappa shape index (κ2) is 6.53. The Morgan fingerprint density at radius 3 is 2.48 bits per heavy atom. The van der Waals surface area contributed by atoms with Crippen LogP contribution in [0.4, 0.5) is 0 Å². The fourth-order valence-corrected chi connectivity index (χ4v) is 2.82. The lowest BCUT2D eigenvalue weighted by Crippen LogP contribution is -2.09. The van der Waals surface area contributed by atoms with E-state index < -0.39 is 5.97 Å². The van der Waals surface area contributed by atoms with Crippen molar-refractivity contribution in [2.45, 2.75) is 0 Å². The van der Waals surface area contributed by atoms with E-state index in [0.717, 1.165) is 15.7 Å². The highest BCUT2D eigenvalue weighted by molar-refractivity contribution is 9.10. The molecule has 122 valence electrons. The molecule has 0 spiro atoms. The summed E-state index contributed by atoms with van der Waals surface area (Å²) in [5.74, 6) is 0.0293. The first-order chi connectivity index (χ1) is 12.2. The van der Waals surface area contributed by atoms with Gasteiger partial charge in [0.25, 0.3) is 0 Å². The van der Waals surface area contributed by atoms with Gasteiger partial charge in [-0.3, -0.25) is 0 Å². The van der Waals surface area contributed by atoms with Gasteiger partial charge in [0.1, 0.15) is 0 Å². The predicted molar refractivity (Wildman–Crippen MR) is 99.7 cm³/mol. The SMILES string of the molecule is O=C(Oc1cccn2cc(-c3ccc(Br)cc3)nc12)c1ccccc1. The number of aromatic nitrogens is 2. The quantitative estimate of drug-likeness (QED) is 0.461. The molecule has 2 aromatic carbocycles. The Balaban J connectivity index is 1.70. The molecule has 0 atom stereocenters. The molecule has 0 amide bonds. The molecule has 0 saturated carbocycles. The molecule has 4 aromatic rings. The monoisotopic (exact) mass is 392 g/mol. The van der Waals surface area contributed by atoms with Crippen molar-refractivity contribution in [2.24, 2.45) is 0 Å². The Hall–Kier alpha value is -2.92. The van der Waals surface area contributed by atoms with Gasteiger partial charge in [-0.05, 0) is 36.4 Å². The van der Waals surface area contributed by atoms with Crippen LogP contribution in [0.5, 0.6) is 5.75 Å². The van der Waals surface area contributed by atoms with Gasteiger partial charge < -0.3 is 9.14 Å². The van der Waals surface area contributed by atoms with Crippen LogP contribution >= 0.6 is 15.9 Å². The summed E-state index contributed by atoms with van der Waals surface area (Å²) in [6.45, 7) is 0. The smallest absolute Gasteiger partial charge is 0.343 e. The van der Waals surface area contributed by atoms with Gasteiger partial charge in [0.05, 0.1) is 11.3 Å². The van der Waals surface area contributed by atoms with Crippen molar-refractivity contribution in [3.63, 3.8) is 0 Å². The second-order valence-electron chi connectivity index (χ2n) is 5.49. The van der Waals surface area contributed by atoms with E-state index in [1.165, 1.54) is 0 Å². The number of carbonyl (C=O) groups is 1. The zero-order valence-electron chi connectivity index (χ0n) is 13.1. The second-order valence-corrected chi connectivity index (χ2v) is 6.41. The van der Waals surface area contributed by atoms with Crippen molar-refractivity contribution in [2.75, 3.05) is 0 Å². The van der Waals surface area contributed by atoms with Crippen LogP contribution in [0.3, 0.4) is 0 Å². The molecule has 4 nitrogen and oxygen atoms in total. The van der Waals surface area contributed by atoms with E-state index in [1.807, 2.05) is 53.2 Å². The van der Waals surface area contributed by atoms with Crippen LogP contribution in [0.25, 0.3) is 16.9 Å². The minimum atomic E-state index is -0.401. The van der Waals surface area contributed by atoms with Crippen LogP contribution < -0.4 is 4.74 Å². The fraction of sp³-hybridized carbons (Fsp3) is 0. The van der Waals surface area contributed by atoms with E-state index in [-0.39, 0.29) is 0 Å². The van der Waals surface area contributed by atoms with Crippen LogP contribution in [0.1, 0.15) is 10.4 Å². The van der Waals surface area contributed by atoms with Crippen LogP contribution in [0, 0.1) is 0 Å². The first-order valence-corrected chi connectivity index (χ1v) is 8.51. The molecular weight excluding hydrogens is 380 g/mol. The van der Waals surface area contributed by atoms with Gasteiger partial charge in [0.15, 0.2) is 11.4 Å². The number of hydrogen-bond acceptors (Lipinski definition) is 3. The third-order valence-corrected chi connectivity index (χ3v) is 4.33. The van der Waals surface area contributed by atoms with Crippen molar-refractivity contribution >= 4 is 27.5 Å². The number of rotatable bonds is 3. The average molecular weight is 393 g/mol. The zero-order valence-corrected chi connectivity index (χ0v) is 14.7.